The monoisotopic (exact) mass is 419 g/mol. The Morgan fingerprint density at radius 2 is 1.81 bits per heavy atom. The summed E-state index contributed by atoms with van der Waals surface area (Å²) in [4.78, 5) is 43.7. The average Bonchev–Trinajstić information content (AvgIpc) is 2.78. The molecule has 0 radical (unpaired) electrons. The van der Waals surface area contributed by atoms with E-state index >= 15 is 0 Å². The highest BCUT2D eigenvalue weighted by molar-refractivity contribution is 5.94. The molecule has 1 saturated heterocycles. The van der Waals surface area contributed by atoms with Crippen LogP contribution in [0.1, 0.15) is 24.2 Å². The number of fused-ring (bicyclic) bond motifs is 1. The van der Waals surface area contributed by atoms with Crippen molar-refractivity contribution in [3.05, 3.63) is 76.6 Å². The van der Waals surface area contributed by atoms with Gasteiger partial charge in [-0.05, 0) is 44.2 Å². The van der Waals surface area contributed by atoms with Crippen molar-refractivity contribution in [2.24, 2.45) is 0 Å². The second-order valence-corrected chi connectivity index (χ2v) is 7.80. The van der Waals surface area contributed by atoms with Crippen LogP contribution in [0.3, 0.4) is 0 Å². The van der Waals surface area contributed by atoms with Crippen LogP contribution in [0.2, 0.25) is 0 Å². The van der Waals surface area contributed by atoms with Gasteiger partial charge in [0.05, 0.1) is 5.52 Å². The number of pyridine rings is 1. The Hall–Kier alpha value is -3.61. The molecule has 2 amide bonds. The SMILES string of the molecule is CC1CN(C(=O)c2ccccc2)CCN1C(=O)[C@H](C)Oc1cccc2[nH]c(=O)ccc12. The number of carbonyl (C=O) groups is 2. The number of hydrogen-bond donors (Lipinski definition) is 1. The fourth-order valence-electron chi connectivity index (χ4n) is 3.97. The quantitative estimate of drug-likeness (QED) is 0.705. The number of ether oxygens (including phenoxy) is 1. The van der Waals surface area contributed by atoms with Gasteiger partial charge >= 0.3 is 0 Å². The summed E-state index contributed by atoms with van der Waals surface area (Å²) in [7, 11) is 0. The van der Waals surface area contributed by atoms with Crippen LogP contribution in [0.5, 0.6) is 5.75 Å². The molecule has 31 heavy (non-hydrogen) atoms. The smallest absolute Gasteiger partial charge is 0.263 e. The summed E-state index contributed by atoms with van der Waals surface area (Å²) in [6.07, 6.45) is -0.698. The Bertz CT molecular complexity index is 1160. The highest BCUT2D eigenvalue weighted by Crippen LogP contribution is 2.25. The zero-order valence-electron chi connectivity index (χ0n) is 17.6. The lowest BCUT2D eigenvalue weighted by Gasteiger charge is -2.40. The van der Waals surface area contributed by atoms with Gasteiger partial charge in [-0.1, -0.05) is 24.3 Å². The minimum atomic E-state index is -0.698. The van der Waals surface area contributed by atoms with Gasteiger partial charge < -0.3 is 19.5 Å². The molecule has 0 bridgehead atoms. The van der Waals surface area contributed by atoms with Gasteiger partial charge in [0.2, 0.25) is 5.56 Å². The van der Waals surface area contributed by atoms with Crippen LogP contribution in [0.25, 0.3) is 10.9 Å². The Labute approximate surface area is 180 Å². The Kier molecular flexibility index (Phi) is 5.75. The summed E-state index contributed by atoms with van der Waals surface area (Å²) in [6.45, 7) is 5.07. The summed E-state index contributed by atoms with van der Waals surface area (Å²) in [5.74, 6) is 0.398. The molecule has 160 valence electrons. The van der Waals surface area contributed by atoms with E-state index in [0.717, 1.165) is 5.39 Å². The maximum Gasteiger partial charge on any atom is 0.263 e. The van der Waals surface area contributed by atoms with Gasteiger partial charge in [0.1, 0.15) is 5.75 Å². The van der Waals surface area contributed by atoms with Crippen molar-refractivity contribution in [2.75, 3.05) is 19.6 Å². The molecule has 4 rings (SSSR count). The molecule has 1 aromatic heterocycles. The van der Waals surface area contributed by atoms with Gasteiger partial charge in [-0.3, -0.25) is 14.4 Å². The first kappa shape index (κ1) is 20.7. The lowest BCUT2D eigenvalue weighted by Crippen LogP contribution is -2.57. The molecule has 1 fully saturated rings. The third-order valence-corrected chi connectivity index (χ3v) is 5.60. The molecular weight excluding hydrogens is 394 g/mol. The van der Waals surface area contributed by atoms with E-state index in [2.05, 4.69) is 4.98 Å². The largest absolute Gasteiger partial charge is 0.480 e. The van der Waals surface area contributed by atoms with E-state index in [9.17, 15) is 14.4 Å². The zero-order valence-corrected chi connectivity index (χ0v) is 17.6. The van der Waals surface area contributed by atoms with Crippen LogP contribution >= 0.6 is 0 Å². The highest BCUT2D eigenvalue weighted by atomic mass is 16.5. The fraction of sp³-hybridized carbons (Fsp3) is 0.292. The molecule has 2 heterocycles. The molecule has 0 saturated carbocycles. The number of aromatic amines is 1. The van der Waals surface area contributed by atoms with E-state index in [1.165, 1.54) is 6.07 Å². The number of benzene rings is 2. The van der Waals surface area contributed by atoms with Crippen LogP contribution in [0.15, 0.2) is 65.5 Å². The van der Waals surface area contributed by atoms with Crippen molar-refractivity contribution in [1.82, 2.24) is 14.8 Å². The number of rotatable bonds is 4. The number of carbonyl (C=O) groups excluding carboxylic acids is 2. The van der Waals surface area contributed by atoms with E-state index in [0.29, 0.717) is 36.5 Å². The van der Waals surface area contributed by atoms with Gasteiger partial charge in [-0.2, -0.15) is 0 Å². The second kappa shape index (κ2) is 8.63. The average molecular weight is 419 g/mol. The van der Waals surface area contributed by atoms with Crippen LogP contribution in [0, 0.1) is 0 Å². The fourth-order valence-corrected chi connectivity index (χ4v) is 3.97. The first-order valence-electron chi connectivity index (χ1n) is 10.4. The summed E-state index contributed by atoms with van der Waals surface area (Å²) < 4.78 is 5.98. The second-order valence-electron chi connectivity index (χ2n) is 7.80. The van der Waals surface area contributed by atoms with Crippen molar-refractivity contribution >= 4 is 22.7 Å². The van der Waals surface area contributed by atoms with Gasteiger partial charge in [0.25, 0.3) is 11.8 Å². The Balaban J connectivity index is 1.43. The number of hydrogen-bond acceptors (Lipinski definition) is 4. The molecular formula is C24H25N3O4. The van der Waals surface area contributed by atoms with Gasteiger partial charge in [-0.25, -0.2) is 0 Å². The van der Waals surface area contributed by atoms with Crippen LogP contribution < -0.4 is 10.3 Å². The van der Waals surface area contributed by atoms with Crippen molar-refractivity contribution in [3.8, 4) is 5.75 Å². The minimum Gasteiger partial charge on any atom is -0.480 e. The van der Waals surface area contributed by atoms with Crippen LogP contribution in [-0.4, -0.2) is 58.4 Å². The molecule has 7 heteroatoms. The maximum atomic E-state index is 13.1. The molecule has 3 aromatic rings. The third kappa shape index (κ3) is 4.30. The predicted molar refractivity (Wildman–Crippen MR) is 118 cm³/mol. The van der Waals surface area contributed by atoms with E-state index in [-0.39, 0.29) is 23.4 Å². The summed E-state index contributed by atoms with van der Waals surface area (Å²) >= 11 is 0. The lowest BCUT2D eigenvalue weighted by molar-refractivity contribution is -0.142. The van der Waals surface area contributed by atoms with Crippen LogP contribution in [0.4, 0.5) is 0 Å². The van der Waals surface area contributed by atoms with Crippen molar-refractivity contribution < 1.29 is 14.3 Å². The molecule has 1 unspecified atom stereocenters. The van der Waals surface area contributed by atoms with Crippen molar-refractivity contribution in [1.29, 1.82) is 0 Å². The highest BCUT2D eigenvalue weighted by Gasteiger charge is 2.33. The number of amides is 2. The molecule has 2 aromatic carbocycles. The third-order valence-electron chi connectivity index (χ3n) is 5.60. The molecule has 2 atom stereocenters. The molecule has 0 aliphatic carbocycles. The van der Waals surface area contributed by atoms with Gasteiger partial charge in [0.15, 0.2) is 6.10 Å². The van der Waals surface area contributed by atoms with Crippen LogP contribution in [-0.2, 0) is 4.79 Å². The molecule has 7 nitrogen and oxygen atoms in total. The molecule has 0 spiro atoms. The van der Waals surface area contributed by atoms with E-state index < -0.39 is 6.10 Å². The standard InChI is InChI=1S/C24H25N3O4/c1-16-15-26(24(30)18-7-4-3-5-8-18)13-14-27(16)23(29)17(2)31-21-10-6-9-20-19(21)11-12-22(28)25-20/h3-12,16-17H,13-15H2,1-2H3,(H,25,28)/t16?,17-/m0/s1. The van der Waals surface area contributed by atoms with Gasteiger partial charge in [-0.15, -0.1) is 0 Å². The number of nitrogens with zero attached hydrogens (tertiary/aromatic N) is 2. The maximum absolute atomic E-state index is 13.1. The first-order chi connectivity index (χ1) is 14.9. The summed E-state index contributed by atoms with van der Waals surface area (Å²) in [5, 5.41) is 0.744. The zero-order chi connectivity index (χ0) is 22.0. The normalized spacial score (nSPS) is 17.4. The summed E-state index contributed by atoms with van der Waals surface area (Å²) in [6, 6.07) is 17.5. The lowest BCUT2D eigenvalue weighted by atomic mass is 10.1. The Morgan fingerprint density at radius 1 is 1.03 bits per heavy atom. The predicted octanol–water partition coefficient (Wildman–Crippen LogP) is 2.67. The van der Waals surface area contributed by atoms with E-state index in [1.54, 1.807) is 53.1 Å². The Morgan fingerprint density at radius 3 is 2.55 bits per heavy atom. The number of H-pyrrole nitrogens is 1. The van der Waals surface area contributed by atoms with E-state index in [1.807, 2.05) is 25.1 Å². The number of piperazine rings is 1. The topological polar surface area (TPSA) is 82.7 Å². The van der Waals surface area contributed by atoms with E-state index in [4.69, 9.17) is 4.74 Å². The first-order valence-corrected chi connectivity index (χ1v) is 10.4. The van der Waals surface area contributed by atoms with Crippen molar-refractivity contribution in [2.45, 2.75) is 26.0 Å². The molecule has 1 aliphatic heterocycles. The number of aromatic nitrogens is 1. The minimum absolute atomic E-state index is 0.0198. The van der Waals surface area contributed by atoms with Crippen molar-refractivity contribution in [3.63, 3.8) is 0 Å². The molecule has 1 N–H and O–H groups in total. The van der Waals surface area contributed by atoms with Gasteiger partial charge in [0, 0.05) is 42.7 Å². The number of nitrogens with one attached hydrogen (secondary N) is 1. The summed E-state index contributed by atoms with van der Waals surface area (Å²) in [5.41, 5.74) is 1.12. The molecule has 1 aliphatic rings.